The Morgan fingerprint density at radius 3 is 2.50 bits per heavy atom. The molecule has 2 aliphatic rings. The molecule has 0 bridgehead atoms. The second kappa shape index (κ2) is 9.18. The number of nitrogens with one attached hydrogen (secondary N) is 2. The Balaban J connectivity index is 1.38. The molecule has 0 saturated heterocycles. The number of amides is 2. The first kappa shape index (κ1) is 23.7. The van der Waals surface area contributed by atoms with E-state index in [2.05, 4.69) is 20.6 Å². The zero-order valence-corrected chi connectivity index (χ0v) is 18.8. The van der Waals surface area contributed by atoms with Crippen molar-refractivity contribution in [2.24, 2.45) is 10.9 Å². The first-order chi connectivity index (χ1) is 17.2. The summed E-state index contributed by atoms with van der Waals surface area (Å²) in [6, 6.07) is 10.8. The van der Waals surface area contributed by atoms with E-state index in [1.165, 1.54) is 0 Å². The summed E-state index contributed by atoms with van der Waals surface area (Å²) < 4.78 is 53.1. The van der Waals surface area contributed by atoms with Gasteiger partial charge in [-0.2, -0.15) is 18.2 Å². The number of alkyl halides is 3. The molecular weight excluding hydrogens is 476 g/mol. The Labute approximate surface area is 202 Å². The summed E-state index contributed by atoms with van der Waals surface area (Å²) in [5.41, 5.74) is 0.928. The van der Waals surface area contributed by atoms with Gasteiger partial charge in [0, 0.05) is 22.8 Å². The molecule has 1 aliphatic carbocycles. The highest BCUT2D eigenvalue weighted by Gasteiger charge is 2.35. The van der Waals surface area contributed by atoms with E-state index in [4.69, 9.17) is 0 Å². The Bertz CT molecular complexity index is 1480. The number of nitrogens with zero attached hydrogens (tertiary/aromatic N) is 2. The lowest BCUT2D eigenvalue weighted by Gasteiger charge is -2.25. The van der Waals surface area contributed by atoms with Crippen LogP contribution in [0.1, 0.15) is 41.6 Å². The van der Waals surface area contributed by atoms with Gasteiger partial charge in [0.2, 0.25) is 0 Å². The number of halogens is 4. The number of fused-ring (bicyclic) bond motifs is 2. The van der Waals surface area contributed by atoms with Crippen molar-refractivity contribution in [2.45, 2.75) is 31.9 Å². The fourth-order valence-corrected chi connectivity index (χ4v) is 4.64. The van der Waals surface area contributed by atoms with Gasteiger partial charge in [-0.3, -0.25) is 9.59 Å². The van der Waals surface area contributed by atoms with Crippen molar-refractivity contribution in [1.82, 2.24) is 4.98 Å². The molecule has 1 fully saturated rings. The zero-order chi connectivity index (χ0) is 25.4. The van der Waals surface area contributed by atoms with Gasteiger partial charge in [0.25, 0.3) is 11.8 Å². The van der Waals surface area contributed by atoms with E-state index in [9.17, 15) is 27.2 Å². The lowest BCUT2D eigenvalue weighted by atomic mass is 9.81. The SMILES string of the molecule is O=C(Nc1ccc(Nc2ccnc3c2=C2CCCCC2C(=O)N=3)cc1)c1cccc(C(F)(F)F)c1F. The molecule has 3 aromatic rings. The molecule has 184 valence electrons. The summed E-state index contributed by atoms with van der Waals surface area (Å²) in [6.45, 7) is 0. The molecule has 2 heterocycles. The molecule has 1 aromatic heterocycles. The van der Waals surface area contributed by atoms with Gasteiger partial charge < -0.3 is 10.6 Å². The predicted molar refractivity (Wildman–Crippen MR) is 124 cm³/mol. The van der Waals surface area contributed by atoms with Crippen LogP contribution in [0.4, 0.5) is 34.6 Å². The van der Waals surface area contributed by atoms with Crippen LogP contribution in [0, 0.1) is 11.7 Å². The van der Waals surface area contributed by atoms with Crippen LogP contribution in [0.2, 0.25) is 0 Å². The Morgan fingerprint density at radius 1 is 1.00 bits per heavy atom. The molecule has 2 amide bonds. The number of carbonyl (C=O) groups is 2. The average molecular weight is 496 g/mol. The van der Waals surface area contributed by atoms with Crippen LogP contribution in [0.15, 0.2) is 59.7 Å². The number of pyridine rings is 1. The highest BCUT2D eigenvalue weighted by molar-refractivity contribution is 6.04. The van der Waals surface area contributed by atoms with Gasteiger partial charge in [0.1, 0.15) is 5.82 Å². The minimum atomic E-state index is -4.91. The van der Waals surface area contributed by atoms with E-state index in [1.54, 1.807) is 36.5 Å². The molecule has 5 rings (SSSR count). The number of aromatic nitrogens is 1. The number of hydrogen-bond donors (Lipinski definition) is 2. The average Bonchev–Trinajstić information content (AvgIpc) is 2.85. The number of carbonyl (C=O) groups excluding carboxylic acids is 2. The number of rotatable bonds is 4. The molecule has 0 spiro atoms. The van der Waals surface area contributed by atoms with E-state index in [0.717, 1.165) is 54.3 Å². The van der Waals surface area contributed by atoms with Crippen molar-refractivity contribution in [2.75, 3.05) is 10.6 Å². The fraction of sp³-hybridized carbons (Fsp3) is 0.231. The van der Waals surface area contributed by atoms with Crippen molar-refractivity contribution in [3.05, 3.63) is 82.4 Å². The fourth-order valence-electron chi connectivity index (χ4n) is 4.64. The van der Waals surface area contributed by atoms with Gasteiger partial charge in [-0.1, -0.05) is 12.5 Å². The molecule has 1 atom stereocenters. The number of hydrogen-bond acceptors (Lipinski definition) is 4. The third-order valence-corrected chi connectivity index (χ3v) is 6.35. The summed E-state index contributed by atoms with van der Waals surface area (Å²) in [4.78, 5) is 33.3. The summed E-state index contributed by atoms with van der Waals surface area (Å²) in [5, 5.41) is 6.55. The molecule has 0 radical (unpaired) electrons. The van der Waals surface area contributed by atoms with Crippen molar-refractivity contribution >= 4 is 34.4 Å². The molecular formula is C26H20F4N4O2. The lowest BCUT2D eigenvalue weighted by Crippen LogP contribution is -2.41. The second-order valence-corrected chi connectivity index (χ2v) is 8.65. The smallest absolute Gasteiger partial charge is 0.355 e. The van der Waals surface area contributed by atoms with Crippen molar-refractivity contribution in [3.63, 3.8) is 0 Å². The maximum absolute atomic E-state index is 14.3. The Kier molecular flexibility index (Phi) is 6.03. The summed E-state index contributed by atoms with van der Waals surface area (Å²) in [5.74, 6) is -2.98. The van der Waals surface area contributed by atoms with Gasteiger partial charge in [-0.25, -0.2) is 9.37 Å². The molecule has 2 aromatic carbocycles. The molecule has 36 heavy (non-hydrogen) atoms. The van der Waals surface area contributed by atoms with Crippen molar-refractivity contribution < 1.29 is 27.2 Å². The van der Waals surface area contributed by atoms with Gasteiger partial charge in [0.05, 0.1) is 22.7 Å². The largest absolute Gasteiger partial charge is 0.419 e. The van der Waals surface area contributed by atoms with E-state index in [0.29, 0.717) is 17.2 Å². The molecule has 2 N–H and O–H groups in total. The minimum absolute atomic E-state index is 0.154. The van der Waals surface area contributed by atoms with Gasteiger partial charge in [-0.05, 0) is 67.3 Å². The standard InChI is InChI=1S/C26H20F4N4O2/c27-22-18(6-3-7-19(22)26(28,29)30)25(36)33-15-10-8-14(9-11-15)32-20-12-13-31-23-21(20)16-4-1-2-5-17(16)24(35)34-23/h3,6-13,17,32H,1-2,4-5H2,(H,33,36). The molecule has 1 aliphatic heterocycles. The van der Waals surface area contributed by atoms with E-state index in [1.807, 2.05) is 0 Å². The molecule has 1 unspecified atom stereocenters. The molecule has 10 heteroatoms. The van der Waals surface area contributed by atoms with Crippen LogP contribution in [-0.2, 0) is 11.0 Å². The van der Waals surface area contributed by atoms with E-state index in [-0.39, 0.29) is 17.5 Å². The maximum atomic E-state index is 14.3. The lowest BCUT2D eigenvalue weighted by molar-refractivity contribution is -0.140. The van der Waals surface area contributed by atoms with Crippen LogP contribution in [0.5, 0.6) is 0 Å². The van der Waals surface area contributed by atoms with Crippen LogP contribution in [0.3, 0.4) is 0 Å². The highest BCUT2D eigenvalue weighted by atomic mass is 19.4. The quantitative estimate of drug-likeness (QED) is 0.512. The Morgan fingerprint density at radius 2 is 1.75 bits per heavy atom. The Hall–Kier alpha value is -4.08. The van der Waals surface area contributed by atoms with Crippen LogP contribution in [-0.4, -0.2) is 16.8 Å². The zero-order valence-electron chi connectivity index (χ0n) is 18.8. The van der Waals surface area contributed by atoms with E-state index >= 15 is 0 Å². The second-order valence-electron chi connectivity index (χ2n) is 8.65. The predicted octanol–water partition coefficient (Wildman–Crippen LogP) is 4.74. The first-order valence-corrected chi connectivity index (χ1v) is 11.4. The van der Waals surface area contributed by atoms with Crippen LogP contribution in [0.25, 0.3) is 5.57 Å². The highest BCUT2D eigenvalue weighted by Crippen LogP contribution is 2.33. The normalized spacial score (nSPS) is 17.1. The van der Waals surface area contributed by atoms with Gasteiger partial charge >= 0.3 is 6.18 Å². The van der Waals surface area contributed by atoms with Crippen LogP contribution < -0.4 is 21.3 Å². The third kappa shape index (κ3) is 4.46. The van der Waals surface area contributed by atoms with Gasteiger partial charge in [-0.15, -0.1) is 0 Å². The summed E-state index contributed by atoms with van der Waals surface area (Å²) in [6.07, 6.45) is 0.206. The third-order valence-electron chi connectivity index (χ3n) is 6.35. The monoisotopic (exact) mass is 496 g/mol. The van der Waals surface area contributed by atoms with E-state index < -0.39 is 29.0 Å². The van der Waals surface area contributed by atoms with Gasteiger partial charge in [0.15, 0.2) is 5.49 Å². The van der Waals surface area contributed by atoms with Crippen LogP contribution >= 0.6 is 0 Å². The summed E-state index contributed by atoms with van der Waals surface area (Å²) in [7, 11) is 0. The van der Waals surface area contributed by atoms with Crippen molar-refractivity contribution in [1.29, 1.82) is 0 Å². The maximum Gasteiger partial charge on any atom is 0.419 e. The van der Waals surface area contributed by atoms with Crippen molar-refractivity contribution in [3.8, 4) is 0 Å². The topological polar surface area (TPSA) is 83.5 Å². The number of benzene rings is 2. The first-order valence-electron chi connectivity index (χ1n) is 11.4. The number of anilines is 3. The minimum Gasteiger partial charge on any atom is -0.355 e. The summed E-state index contributed by atoms with van der Waals surface area (Å²) >= 11 is 0. The molecule has 1 saturated carbocycles. The molecule has 6 nitrogen and oxygen atoms in total.